The van der Waals surface area contributed by atoms with Gasteiger partial charge in [0.1, 0.15) is 5.82 Å². The molecule has 0 saturated carbocycles. The summed E-state index contributed by atoms with van der Waals surface area (Å²) in [5, 5.41) is 2.96. The maximum absolute atomic E-state index is 12.4. The highest BCUT2D eigenvalue weighted by molar-refractivity contribution is 5.93. The molecule has 0 aliphatic heterocycles. The number of fused-ring (bicyclic) bond motifs is 1. The van der Waals surface area contributed by atoms with Crippen LogP contribution in [-0.2, 0) is 13.1 Å². The Bertz CT molecular complexity index is 1070. The molecule has 5 nitrogen and oxygen atoms in total. The second-order valence-corrected chi connectivity index (χ2v) is 6.51. The van der Waals surface area contributed by atoms with Gasteiger partial charge in [0.05, 0.1) is 17.6 Å². The van der Waals surface area contributed by atoms with E-state index in [1.54, 1.807) is 24.5 Å². The van der Waals surface area contributed by atoms with E-state index in [1.807, 2.05) is 18.2 Å². The molecule has 134 valence electrons. The molecule has 0 aliphatic rings. The van der Waals surface area contributed by atoms with Gasteiger partial charge in [-0.25, -0.2) is 4.98 Å². The first-order valence-corrected chi connectivity index (χ1v) is 8.88. The quantitative estimate of drug-likeness (QED) is 0.593. The third-order valence-corrected chi connectivity index (χ3v) is 4.54. The molecule has 0 fully saturated rings. The zero-order valence-electron chi connectivity index (χ0n) is 15.1. The second kappa shape index (κ2) is 7.41. The van der Waals surface area contributed by atoms with E-state index in [4.69, 9.17) is 4.98 Å². The predicted octanol–water partition coefficient (Wildman–Crippen LogP) is 3.72. The zero-order chi connectivity index (χ0) is 18.6. The Labute approximate surface area is 157 Å². The van der Waals surface area contributed by atoms with Gasteiger partial charge >= 0.3 is 0 Å². The van der Waals surface area contributed by atoms with E-state index in [9.17, 15) is 4.79 Å². The Hall–Kier alpha value is -3.47. The van der Waals surface area contributed by atoms with Crippen LogP contribution in [-0.4, -0.2) is 20.4 Å². The van der Waals surface area contributed by atoms with E-state index in [0.29, 0.717) is 18.7 Å². The minimum absolute atomic E-state index is 0.133. The molecule has 27 heavy (non-hydrogen) atoms. The highest BCUT2D eigenvalue weighted by atomic mass is 16.1. The van der Waals surface area contributed by atoms with Crippen LogP contribution in [0.3, 0.4) is 0 Å². The number of rotatable bonds is 5. The lowest BCUT2D eigenvalue weighted by atomic mass is 10.1. The van der Waals surface area contributed by atoms with Crippen molar-refractivity contribution in [2.45, 2.75) is 20.0 Å². The number of hydrogen-bond acceptors (Lipinski definition) is 3. The van der Waals surface area contributed by atoms with Gasteiger partial charge in [0.2, 0.25) is 0 Å². The van der Waals surface area contributed by atoms with Gasteiger partial charge in [0.25, 0.3) is 5.91 Å². The van der Waals surface area contributed by atoms with Crippen LogP contribution in [0.15, 0.2) is 73.1 Å². The van der Waals surface area contributed by atoms with Crippen LogP contribution in [0.1, 0.15) is 27.3 Å². The summed E-state index contributed by atoms with van der Waals surface area (Å²) in [5.41, 5.74) is 5.01. The van der Waals surface area contributed by atoms with Gasteiger partial charge in [-0.15, -0.1) is 0 Å². The molecule has 0 aliphatic carbocycles. The number of imidazole rings is 1. The number of nitrogens with one attached hydrogen (secondary N) is 1. The van der Waals surface area contributed by atoms with Crippen LogP contribution in [0.4, 0.5) is 0 Å². The molecule has 2 aromatic carbocycles. The summed E-state index contributed by atoms with van der Waals surface area (Å²) >= 11 is 0. The Morgan fingerprint density at radius 2 is 1.74 bits per heavy atom. The van der Waals surface area contributed by atoms with Crippen LogP contribution in [0.2, 0.25) is 0 Å². The molecule has 2 heterocycles. The number of para-hydroxylation sites is 2. The van der Waals surface area contributed by atoms with Crippen molar-refractivity contribution in [3.05, 3.63) is 95.6 Å². The molecule has 0 saturated heterocycles. The fourth-order valence-electron chi connectivity index (χ4n) is 3.08. The van der Waals surface area contributed by atoms with Crippen LogP contribution in [0, 0.1) is 6.92 Å². The number of benzene rings is 2. The number of amides is 1. The fourth-order valence-corrected chi connectivity index (χ4v) is 3.08. The topological polar surface area (TPSA) is 59.8 Å². The highest BCUT2D eigenvalue weighted by Crippen LogP contribution is 2.18. The van der Waals surface area contributed by atoms with Gasteiger partial charge in [-0.2, -0.15) is 0 Å². The van der Waals surface area contributed by atoms with Crippen LogP contribution >= 0.6 is 0 Å². The molecule has 2 aromatic heterocycles. The largest absolute Gasteiger partial charge is 0.345 e. The molecule has 1 amide bonds. The summed E-state index contributed by atoms with van der Waals surface area (Å²) in [5.74, 6) is 0.700. The van der Waals surface area contributed by atoms with Gasteiger partial charge in [-0.1, -0.05) is 42.0 Å². The maximum atomic E-state index is 12.4. The molecule has 0 spiro atoms. The molecule has 4 rings (SSSR count). The lowest BCUT2D eigenvalue weighted by molar-refractivity contribution is 0.0949. The van der Waals surface area contributed by atoms with Crippen molar-refractivity contribution in [3.8, 4) is 0 Å². The summed E-state index contributed by atoms with van der Waals surface area (Å²) in [6, 6.07) is 19.9. The number of aromatic nitrogens is 3. The van der Waals surface area contributed by atoms with Crippen molar-refractivity contribution in [3.63, 3.8) is 0 Å². The smallest absolute Gasteiger partial charge is 0.251 e. The van der Waals surface area contributed by atoms with Crippen LogP contribution in [0.5, 0.6) is 0 Å². The monoisotopic (exact) mass is 356 g/mol. The number of aryl methyl sites for hydroxylation is 1. The first-order valence-electron chi connectivity index (χ1n) is 8.88. The van der Waals surface area contributed by atoms with Crippen molar-refractivity contribution >= 4 is 16.9 Å². The number of carbonyl (C=O) groups excluding carboxylic acids is 1. The van der Waals surface area contributed by atoms with Crippen LogP contribution in [0.25, 0.3) is 11.0 Å². The van der Waals surface area contributed by atoms with Gasteiger partial charge in [-0.05, 0) is 36.8 Å². The van der Waals surface area contributed by atoms with Crippen molar-refractivity contribution in [1.29, 1.82) is 0 Å². The van der Waals surface area contributed by atoms with Crippen molar-refractivity contribution in [2.24, 2.45) is 0 Å². The lowest BCUT2D eigenvalue weighted by Crippen LogP contribution is -2.24. The fraction of sp³-hybridized carbons (Fsp3) is 0.136. The zero-order valence-corrected chi connectivity index (χ0v) is 15.1. The minimum atomic E-state index is -0.133. The molecule has 0 bridgehead atoms. The number of pyridine rings is 1. The van der Waals surface area contributed by atoms with E-state index in [0.717, 1.165) is 16.9 Å². The maximum Gasteiger partial charge on any atom is 0.251 e. The lowest BCUT2D eigenvalue weighted by Gasteiger charge is -2.11. The average molecular weight is 356 g/mol. The molecule has 0 unspecified atom stereocenters. The number of nitrogens with zero attached hydrogens (tertiary/aromatic N) is 3. The molecule has 0 radical (unpaired) electrons. The third-order valence-electron chi connectivity index (χ3n) is 4.54. The van der Waals surface area contributed by atoms with E-state index in [1.165, 1.54) is 11.1 Å². The SMILES string of the molecule is Cc1ccc(Cn2c(CNC(=O)c3ccncc3)nc3ccccc32)cc1. The average Bonchev–Trinajstić information content (AvgIpc) is 3.06. The summed E-state index contributed by atoms with van der Waals surface area (Å²) in [6.45, 7) is 3.15. The first-order chi connectivity index (χ1) is 13.2. The van der Waals surface area contributed by atoms with Crippen LogP contribution < -0.4 is 5.32 Å². The number of hydrogen-bond donors (Lipinski definition) is 1. The van der Waals surface area contributed by atoms with E-state index in [-0.39, 0.29) is 5.91 Å². The van der Waals surface area contributed by atoms with E-state index >= 15 is 0 Å². The normalized spacial score (nSPS) is 10.9. The minimum Gasteiger partial charge on any atom is -0.345 e. The Balaban J connectivity index is 1.61. The van der Waals surface area contributed by atoms with Crippen molar-refractivity contribution in [2.75, 3.05) is 0 Å². The predicted molar refractivity (Wildman–Crippen MR) is 105 cm³/mol. The standard InChI is InChI=1S/C22H20N4O/c1-16-6-8-17(9-7-16)15-26-20-5-3-2-4-19(20)25-21(26)14-24-22(27)18-10-12-23-13-11-18/h2-13H,14-15H2,1H3,(H,24,27). The molecule has 5 heteroatoms. The molecular formula is C22H20N4O. The van der Waals surface area contributed by atoms with Crippen molar-refractivity contribution < 1.29 is 4.79 Å². The number of carbonyl (C=O) groups is 1. The summed E-state index contributed by atoms with van der Waals surface area (Å²) in [6.07, 6.45) is 3.23. The van der Waals surface area contributed by atoms with Gasteiger partial charge in [0, 0.05) is 24.5 Å². The van der Waals surface area contributed by atoms with Gasteiger partial charge in [0.15, 0.2) is 0 Å². The summed E-state index contributed by atoms with van der Waals surface area (Å²) in [7, 11) is 0. The van der Waals surface area contributed by atoms with E-state index < -0.39 is 0 Å². The Kier molecular flexibility index (Phi) is 4.66. The molecular weight excluding hydrogens is 336 g/mol. The summed E-state index contributed by atoms with van der Waals surface area (Å²) < 4.78 is 2.16. The highest BCUT2D eigenvalue weighted by Gasteiger charge is 2.12. The van der Waals surface area contributed by atoms with Gasteiger partial charge in [-0.3, -0.25) is 9.78 Å². The third kappa shape index (κ3) is 3.72. The molecule has 1 N–H and O–H groups in total. The summed E-state index contributed by atoms with van der Waals surface area (Å²) in [4.78, 5) is 21.0. The second-order valence-electron chi connectivity index (χ2n) is 6.51. The van der Waals surface area contributed by atoms with E-state index in [2.05, 4.69) is 52.1 Å². The van der Waals surface area contributed by atoms with Gasteiger partial charge < -0.3 is 9.88 Å². The molecule has 4 aromatic rings. The Morgan fingerprint density at radius 1 is 1.00 bits per heavy atom. The first kappa shape index (κ1) is 17.0. The Morgan fingerprint density at radius 3 is 2.52 bits per heavy atom. The van der Waals surface area contributed by atoms with Crippen molar-refractivity contribution in [1.82, 2.24) is 19.9 Å². The molecule has 0 atom stereocenters.